The van der Waals surface area contributed by atoms with E-state index in [4.69, 9.17) is 9.47 Å². The number of methoxy groups -OCH3 is 2. The monoisotopic (exact) mass is 293 g/mol. The minimum atomic E-state index is -0.402. The molecular weight excluding hydrogens is 266 g/mol. The molecule has 4 heteroatoms. The topological polar surface area (TPSA) is 41.9 Å². The summed E-state index contributed by atoms with van der Waals surface area (Å²) in [6.45, 7) is 4.07. The van der Waals surface area contributed by atoms with Gasteiger partial charge in [-0.1, -0.05) is 19.8 Å². The van der Waals surface area contributed by atoms with Crippen LogP contribution in [0.5, 0.6) is 11.5 Å². The number of aliphatic hydroxyl groups is 1. The maximum Gasteiger partial charge on any atom is 0.161 e. The van der Waals surface area contributed by atoms with Crippen molar-refractivity contribution in [2.75, 3.05) is 27.3 Å². The predicted octanol–water partition coefficient (Wildman–Crippen LogP) is 2.61. The highest BCUT2D eigenvalue weighted by Crippen LogP contribution is 2.33. The standard InChI is InChI=1S/C17H27NO3/c1-4-5-6-8-18-9-7-13-10-15(20-2)16(21-3)11-14(13)12-17(18)19/h10-11,17,19H,4-9,12H2,1-3H3. The van der Waals surface area contributed by atoms with Crippen LogP contribution in [0, 0.1) is 0 Å². The fourth-order valence-electron chi connectivity index (χ4n) is 2.95. The summed E-state index contributed by atoms with van der Waals surface area (Å²) in [6.07, 6.45) is 4.77. The molecule has 118 valence electrons. The van der Waals surface area contributed by atoms with Crippen molar-refractivity contribution in [3.63, 3.8) is 0 Å². The van der Waals surface area contributed by atoms with E-state index in [1.165, 1.54) is 18.4 Å². The van der Waals surface area contributed by atoms with E-state index in [1.54, 1.807) is 14.2 Å². The highest BCUT2D eigenvalue weighted by molar-refractivity contribution is 5.48. The summed E-state index contributed by atoms with van der Waals surface area (Å²) >= 11 is 0. The third-order valence-corrected chi connectivity index (χ3v) is 4.25. The molecule has 0 aliphatic carbocycles. The van der Waals surface area contributed by atoms with E-state index in [2.05, 4.69) is 17.9 Å². The van der Waals surface area contributed by atoms with Gasteiger partial charge < -0.3 is 14.6 Å². The summed E-state index contributed by atoms with van der Waals surface area (Å²) in [4.78, 5) is 2.19. The maximum absolute atomic E-state index is 10.4. The van der Waals surface area contributed by atoms with Crippen LogP contribution in [0.25, 0.3) is 0 Å². The Labute approximate surface area is 127 Å². The SMILES string of the molecule is CCCCCN1CCc2cc(OC)c(OC)cc2CC1O. The second-order valence-electron chi connectivity index (χ2n) is 5.65. The molecule has 1 aliphatic rings. The second-order valence-corrected chi connectivity index (χ2v) is 5.65. The molecule has 4 nitrogen and oxygen atoms in total. The number of hydrogen-bond donors (Lipinski definition) is 1. The molecule has 0 fully saturated rings. The van der Waals surface area contributed by atoms with Crippen LogP contribution in [-0.2, 0) is 12.8 Å². The number of rotatable bonds is 6. The van der Waals surface area contributed by atoms with Gasteiger partial charge >= 0.3 is 0 Å². The molecule has 0 saturated heterocycles. The van der Waals surface area contributed by atoms with Gasteiger partial charge in [0.05, 0.1) is 14.2 Å². The molecule has 1 aromatic rings. The largest absolute Gasteiger partial charge is 0.493 e. The van der Waals surface area contributed by atoms with E-state index in [0.29, 0.717) is 6.42 Å². The number of unbranched alkanes of at least 4 members (excludes halogenated alkanes) is 2. The number of ether oxygens (including phenoxy) is 2. The number of fused-ring (bicyclic) bond motifs is 1. The molecule has 0 saturated carbocycles. The molecule has 1 atom stereocenters. The Balaban J connectivity index is 2.13. The highest BCUT2D eigenvalue weighted by atomic mass is 16.5. The van der Waals surface area contributed by atoms with Gasteiger partial charge in [-0.3, -0.25) is 4.90 Å². The van der Waals surface area contributed by atoms with Crippen LogP contribution in [0.4, 0.5) is 0 Å². The molecule has 0 aromatic heterocycles. The summed E-state index contributed by atoms with van der Waals surface area (Å²) in [7, 11) is 3.31. The third kappa shape index (κ3) is 3.89. The van der Waals surface area contributed by atoms with Crippen LogP contribution < -0.4 is 9.47 Å². The van der Waals surface area contributed by atoms with Crippen molar-refractivity contribution in [3.8, 4) is 11.5 Å². The molecule has 1 heterocycles. The van der Waals surface area contributed by atoms with Crippen molar-refractivity contribution >= 4 is 0 Å². The van der Waals surface area contributed by atoms with Crippen molar-refractivity contribution in [3.05, 3.63) is 23.3 Å². The number of hydrogen-bond acceptors (Lipinski definition) is 4. The Hall–Kier alpha value is -1.26. The van der Waals surface area contributed by atoms with Crippen LogP contribution in [0.15, 0.2) is 12.1 Å². The Bertz CT molecular complexity index is 462. The second kappa shape index (κ2) is 7.66. The van der Waals surface area contributed by atoms with Gasteiger partial charge in [-0.15, -0.1) is 0 Å². The Morgan fingerprint density at radius 1 is 1.14 bits per heavy atom. The molecule has 0 amide bonds. The Morgan fingerprint density at radius 2 is 1.81 bits per heavy atom. The Morgan fingerprint density at radius 3 is 2.43 bits per heavy atom. The first-order chi connectivity index (χ1) is 10.2. The number of nitrogens with zero attached hydrogens (tertiary/aromatic N) is 1. The fraction of sp³-hybridized carbons (Fsp3) is 0.647. The lowest BCUT2D eigenvalue weighted by atomic mass is 10.0. The van der Waals surface area contributed by atoms with E-state index in [9.17, 15) is 5.11 Å². The summed E-state index contributed by atoms with van der Waals surface area (Å²) in [5, 5.41) is 10.4. The molecule has 0 spiro atoms. The highest BCUT2D eigenvalue weighted by Gasteiger charge is 2.23. The molecule has 21 heavy (non-hydrogen) atoms. The lowest BCUT2D eigenvalue weighted by Gasteiger charge is -2.25. The van der Waals surface area contributed by atoms with Crippen molar-refractivity contribution in [2.45, 2.75) is 45.3 Å². The van der Waals surface area contributed by atoms with Crippen LogP contribution in [0.1, 0.15) is 37.3 Å². The lowest BCUT2D eigenvalue weighted by molar-refractivity contribution is 0.00737. The minimum Gasteiger partial charge on any atom is -0.493 e. The first-order valence-corrected chi connectivity index (χ1v) is 7.85. The quantitative estimate of drug-likeness (QED) is 0.819. The first-order valence-electron chi connectivity index (χ1n) is 7.85. The Kier molecular flexibility index (Phi) is 5.88. The van der Waals surface area contributed by atoms with Gasteiger partial charge in [-0.2, -0.15) is 0 Å². The van der Waals surface area contributed by atoms with Gasteiger partial charge in [0.1, 0.15) is 6.23 Å². The van der Waals surface area contributed by atoms with E-state index in [1.807, 2.05) is 6.07 Å². The van der Waals surface area contributed by atoms with Gasteiger partial charge in [0.15, 0.2) is 11.5 Å². The van der Waals surface area contributed by atoms with Crippen LogP contribution in [0.2, 0.25) is 0 Å². The molecule has 1 unspecified atom stereocenters. The van der Waals surface area contributed by atoms with Gasteiger partial charge in [-0.05, 0) is 36.1 Å². The van der Waals surface area contributed by atoms with Crippen LogP contribution in [-0.4, -0.2) is 43.5 Å². The number of aliphatic hydroxyl groups excluding tert-OH is 1. The van der Waals surface area contributed by atoms with Crippen molar-refractivity contribution < 1.29 is 14.6 Å². The van der Waals surface area contributed by atoms with E-state index in [-0.39, 0.29) is 0 Å². The summed E-state index contributed by atoms with van der Waals surface area (Å²) in [6, 6.07) is 4.06. The molecule has 1 aromatic carbocycles. The summed E-state index contributed by atoms with van der Waals surface area (Å²) < 4.78 is 10.7. The van der Waals surface area contributed by atoms with Gasteiger partial charge in [0.25, 0.3) is 0 Å². The predicted molar refractivity (Wildman–Crippen MR) is 84.1 cm³/mol. The van der Waals surface area contributed by atoms with E-state index in [0.717, 1.165) is 43.0 Å². The molecule has 1 aliphatic heterocycles. The average molecular weight is 293 g/mol. The molecule has 0 radical (unpaired) electrons. The van der Waals surface area contributed by atoms with Gasteiger partial charge in [0, 0.05) is 19.5 Å². The zero-order valence-electron chi connectivity index (χ0n) is 13.4. The average Bonchev–Trinajstić information content (AvgIpc) is 2.65. The fourth-order valence-corrected chi connectivity index (χ4v) is 2.95. The molecular formula is C17H27NO3. The summed E-state index contributed by atoms with van der Waals surface area (Å²) in [5.74, 6) is 1.51. The maximum atomic E-state index is 10.4. The van der Waals surface area contributed by atoms with Gasteiger partial charge in [0.2, 0.25) is 0 Å². The third-order valence-electron chi connectivity index (χ3n) is 4.25. The van der Waals surface area contributed by atoms with E-state index >= 15 is 0 Å². The van der Waals surface area contributed by atoms with Crippen molar-refractivity contribution in [1.29, 1.82) is 0 Å². The number of benzene rings is 1. The normalized spacial score (nSPS) is 19.0. The van der Waals surface area contributed by atoms with E-state index < -0.39 is 6.23 Å². The summed E-state index contributed by atoms with van der Waals surface area (Å²) in [5.41, 5.74) is 2.42. The smallest absolute Gasteiger partial charge is 0.161 e. The van der Waals surface area contributed by atoms with Crippen LogP contribution in [0.3, 0.4) is 0 Å². The molecule has 2 rings (SSSR count). The first kappa shape index (κ1) is 16.1. The van der Waals surface area contributed by atoms with Crippen molar-refractivity contribution in [1.82, 2.24) is 4.90 Å². The molecule has 1 N–H and O–H groups in total. The minimum absolute atomic E-state index is 0.402. The molecule has 0 bridgehead atoms. The lowest BCUT2D eigenvalue weighted by Crippen LogP contribution is -2.37. The zero-order chi connectivity index (χ0) is 15.2. The van der Waals surface area contributed by atoms with Gasteiger partial charge in [-0.25, -0.2) is 0 Å². The zero-order valence-corrected chi connectivity index (χ0v) is 13.4. The van der Waals surface area contributed by atoms with Crippen LogP contribution >= 0.6 is 0 Å². The van der Waals surface area contributed by atoms with Crippen molar-refractivity contribution in [2.24, 2.45) is 0 Å².